The summed E-state index contributed by atoms with van der Waals surface area (Å²) >= 11 is 0. The number of sulfone groups is 1. The molecule has 0 unspecified atom stereocenters. The summed E-state index contributed by atoms with van der Waals surface area (Å²) in [6, 6.07) is 10.5. The van der Waals surface area contributed by atoms with Crippen molar-refractivity contribution in [3.8, 4) is 0 Å². The first-order valence-electron chi connectivity index (χ1n) is 8.41. The topological polar surface area (TPSA) is 101 Å². The number of nitrogens with one attached hydrogen (secondary N) is 1. The lowest BCUT2D eigenvalue weighted by Gasteiger charge is -2.18. The zero-order valence-corrected chi connectivity index (χ0v) is 16.6. The van der Waals surface area contributed by atoms with Gasteiger partial charge in [0.05, 0.1) is 15.5 Å². The predicted octanol–water partition coefficient (Wildman–Crippen LogP) is 1.59. The van der Waals surface area contributed by atoms with E-state index in [0.717, 1.165) is 5.56 Å². The highest BCUT2D eigenvalue weighted by molar-refractivity contribution is 7.91. The summed E-state index contributed by atoms with van der Waals surface area (Å²) in [7, 11) is -5.51. The number of nitrogens with zero attached hydrogens (tertiary/aromatic N) is 1. The van der Waals surface area contributed by atoms with E-state index in [4.69, 9.17) is 0 Å². The molecule has 1 aliphatic heterocycles. The number of hydrogen-bond donors (Lipinski definition) is 1. The fourth-order valence-corrected chi connectivity index (χ4v) is 4.67. The lowest BCUT2D eigenvalue weighted by molar-refractivity contribution is 0.0989. The lowest BCUT2D eigenvalue weighted by Crippen LogP contribution is -2.28. The van der Waals surface area contributed by atoms with Gasteiger partial charge in [0.15, 0.2) is 9.84 Å². The maximum Gasteiger partial charge on any atom is 0.258 e. The normalized spacial score (nSPS) is 14.2. The molecule has 0 fully saturated rings. The van der Waals surface area contributed by atoms with E-state index in [1.165, 1.54) is 37.4 Å². The van der Waals surface area contributed by atoms with E-state index in [1.807, 2.05) is 0 Å². The van der Waals surface area contributed by atoms with Crippen LogP contribution in [0.15, 0.2) is 52.3 Å². The van der Waals surface area contributed by atoms with Gasteiger partial charge in [0, 0.05) is 17.8 Å². The fourth-order valence-electron chi connectivity index (χ4n) is 3.00. The lowest BCUT2D eigenvalue weighted by atomic mass is 10.1. The summed E-state index contributed by atoms with van der Waals surface area (Å²) < 4.78 is 49.9. The molecule has 9 heteroatoms. The molecule has 0 atom stereocenters. The molecule has 0 radical (unpaired) electrons. The average molecular weight is 409 g/mol. The van der Waals surface area contributed by atoms with E-state index in [1.54, 1.807) is 24.0 Å². The van der Waals surface area contributed by atoms with Crippen LogP contribution < -0.4 is 9.62 Å². The second-order valence-electron chi connectivity index (χ2n) is 6.13. The van der Waals surface area contributed by atoms with Crippen LogP contribution in [0.3, 0.4) is 0 Å². The number of rotatable bonds is 5. The summed E-state index contributed by atoms with van der Waals surface area (Å²) in [6.07, 6.45) is 0.552. The van der Waals surface area contributed by atoms with E-state index in [2.05, 4.69) is 4.72 Å². The number of carbonyl (C=O) groups is 1. The minimum Gasteiger partial charge on any atom is -0.308 e. The molecule has 1 heterocycles. The van der Waals surface area contributed by atoms with Crippen LogP contribution in [0.1, 0.15) is 22.8 Å². The minimum absolute atomic E-state index is 0.00233. The number of fused-ring (bicyclic) bond motifs is 1. The molecular weight excluding hydrogens is 388 g/mol. The number of carbonyl (C=O) groups excluding carboxylic acids is 1. The smallest absolute Gasteiger partial charge is 0.258 e. The molecule has 2 aromatic carbocycles. The number of hydrogen-bond acceptors (Lipinski definition) is 5. The van der Waals surface area contributed by atoms with Crippen LogP contribution in [-0.4, -0.2) is 42.1 Å². The Bertz CT molecular complexity index is 1090. The van der Waals surface area contributed by atoms with Gasteiger partial charge in [-0.3, -0.25) is 4.79 Å². The monoisotopic (exact) mass is 408 g/mol. The Balaban J connectivity index is 1.89. The Kier molecular flexibility index (Phi) is 5.11. The zero-order chi connectivity index (χ0) is 19.8. The van der Waals surface area contributed by atoms with Gasteiger partial charge >= 0.3 is 0 Å². The molecule has 7 nitrogen and oxygen atoms in total. The quantitative estimate of drug-likeness (QED) is 0.810. The van der Waals surface area contributed by atoms with Gasteiger partial charge in [-0.05, 0) is 61.5 Å². The third kappa shape index (κ3) is 3.62. The minimum atomic E-state index is -3.54. The Hall–Kier alpha value is -2.23. The molecule has 27 heavy (non-hydrogen) atoms. The second-order valence-corrected chi connectivity index (χ2v) is 10.3. The SMILES string of the molecule is CCS(=O)(=O)c1ccc(C(=O)N2CCc3cc(S(=O)(=O)NC)ccc32)cc1. The number of benzene rings is 2. The average Bonchev–Trinajstić information content (AvgIpc) is 3.10. The Morgan fingerprint density at radius 2 is 1.67 bits per heavy atom. The molecule has 0 aromatic heterocycles. The van der Waals surface area contributed by atoms with Crippen molar-refractivity contribution in [1.82, 2.24) is 4.72 Å². The van der Waals surface area contributed by atoms with Crippen LogP contribution in [0.5, 0.6) is 0 Å². The van der Waals surface area contributed by atoms with E-state index in [-0.39, 0.29) is 21.5 Å². The third-order valence-corrected chi connectivity index (χ3v) is 7.77. The summed E-state index contributed by atoms with van der Waals surface area (Å²) in [5, 5.41) is 0. The van der Waals surface area contributed by atoms with Crippen LogP contribution in [-0.2, 0) is 26.3 Å². The van der Waals surface area contributed by atoms with E-state index < -0.39 is 19.9 Å². The maximum absolute atomic E-state index is 12.8. The van der Waals surface area contributed by atoms with Gasteiger partial charge in [0.1, 0.15) is 0 Å². The van der Waals surface area contributed by atoms with Crippen LogP contribution in [0.25, 0.3) is 0 Å². The highest BCUT2D eigenvalue weighted by Gasteiger charge is 2.27. The fraction of sp³-hybridized carbons (Fsp3) is 0.278. The third-order valence-electron chi connectivity index (χ3n) is 4.61. The van der Waals surface area contributed by atoms with Crippen LogP contribution in [0.2, 0.25) is 0 Å². The van der Waals surface area contributed by atoms with Gasteiger partial charge in [-0.25, -0.2) is 21.6 Å². The standard InChI is InChI=1S/C18H20N2O5S2/c1-3-26(22,23)15-6-4-13(5-7-15)18(21)20-11-10-14-12-16(8-9-17(14)20)27(24,25)19-2/h4-9,12,19H,3,10-11H2,1-2H3. The summed E-state index contributed by atoms with van der Waals surface area (Å²) in [5.74, 6) is -0.254. The summed E-state index contributed by atoms with van der Waals surface area (Å²) in [4.78, 5) is 14.7. The molecule has 0 bridgehead atoms. The van der Waals surface area contributed by atoms with Crippen molar-refractivity contribution in [1.29, 1.82) is 0 Å². The van der Waals surface area contributed by atoms with Crippen molar-refractivity contribution in [2.75, 3.05) is 24.2 Å². The van der Waals surface area contributed by atoms with Crippen molar-refractivity contribution in [2.45, 2.75) is 23.1 Å². The van der Waals surface area contributed by atoms with Crippen molar-refractivity contribution in [3.05, 3.63) is 53.6 Å². The number of anilines is 1. The molecule has 2 aromatic rings. The molecule has 1 N–H and O–H groups in total. The van der Waals surface area contributed by atoms with Crippen molar-refractivity contribution >= 4 is 31.5 Å². The first-order valence-corrected chi connectivity index (χ1v) is 11.5. The van der Waals surface area contributed by atoms with Gasteiger partial charge in [-0.1, -0.05) is 6.92 Å². The highest BCUT2D eigenvalue weighted by atomic mass is 32.2. The number of sulfonamides is 1. The maximum atomic E-state index is 12.8. The van der Waals surface area contributed by atoms with Crippen LogP contribution in [0, 0.1) is 0 Å². The van der Waals surface area contributed by atoms with Crippen molar-refractivity contribution in [3.63, 3.8) is 0 Å². The molecular formula is C18H20N2O5S2. The number of amides is 1. The molecule has 0 aliphatic carbocycles. The largest absolute Gasteiger partial charge is 0.308 e. The molecule has 1 aliphatic rings. The van der Waals surface area contributed by atoms with Gasteiger partial charge < -0.3 is 4.90 Å². The van der Waals surface area contributed by atoms with E-state index >= 15 is 0 Å². The first kappa shape index (κ1) is 19.5. The second kappa shape index (κ2) is 7.06. The Morgan fingerprint density at radius 1 is 1.04 bits per heavy atom. The molecule has 0 saturated carbocycles. The Morgan fingerprint density at radius 3 is 2.26 bits per heavy atom. The van der Waals surface area contributed by atoms with Gasteiger partial charge in [-0.15, -0.1) is 0 Å². The Labute approximate surface area is 159 Å². The molecule has 0 spiro atoms. The highest BCUT2D eigenvalue weighted by Crippen LogP contribution is 2.31. The van der Waals surface area contributed by atoms with Crippen molar-refractivity contribution < 1.29 is 21.6 Å². The molecule has 0 saturated heterocycles. The predicted molar refractivity (Wildman–Crippen MR) is 102 cm³/mol. The zero-order valence-electron chi connectivity index (χ0n) is 15.0. The van der Waals surface area contributed by atoms with E-state index in [0.29, 0.717) is 24.2 Å². The summed E-state index contributed by atoms with van der Waals surface area (Å²) in [6.45, 7) is 2.00. The molecule has 1 amide bonds. The van der Waals surface area contributed by atoms with Gasteiger partial charge in [-0.2, -0.15) is 0 Å². The van der Waals surface area contributed by atoms with E-state index in [9.17, 15) is 21.6 Å². The van der Waals surface area contributed by atoms with Crippen LogP contribution >= 0.6 is 0 Å². The van der Waals surface area contributed by atoms with Crippen LogP contribution in [0.4, 0.5) is 5.69 Å². The van der Waals surface area contributed by atoms with Gasteiger partial charge in [0.25, 0.3) is 5.91 Å². The summed E-state index contributed by atoms with van der Waals surface area (Å²) in [5.41, 5.74) is 1.83. The first-order chi connectivity index (χ1) is 12.7. The molecule has 3 rings (SSSR count). The molecule has 144 valence electrons. The van der Waals surface area contributed by atoms with Gasteiger partial charge in [0.2, 0.25) is 10.0 Å². The van der Waals surface area contributed by atoms with Crippen molar-refractivity contribution in [2.24, 2.45) is 0 Å².